The summed E-state index contributed by atoms with van der Waals surface area (Å²) in [7, 11) is 0. The number of fused-ring (bicyclic) bond motifs is 2. The molecule has 0 spiro atoms. The summed E-state index contributed by atoms with van der Waals surface area (Å²) in [6.45, 7) is 4.03. The van der Waals surface area contributed by atoms with E-state index in [4.69, 9.17) is 11.6 Å². The Bertz CT molecular complexity index is 862. The van der Waals surface area contributed by atoms with Crippen molar-refractivity contribution in [1.82, 2.24) is 9.97 Å². The Labute approximate surface area is 136 Å². The van der Waals surface area contributed by atoms with E-state index in [2.05, 4.69) is 16.0 Å². The molecule has 21 heavy (non-hydrogen) atoms. The molecular formula is C16H13ClN2S2. The number of para-hydroxylation sites is 1. The quantitative estimate of drug-likeness (QED) is 0.403. The standard InChI is InChI=1S/C8H6ClNS.C8H7NS/c1-5-10-7-4-6(9)2-3-8(7)11-5;1-6-9-7-4-2-3-5-8(7)10-6/h2-4H,1H3;2-5H,1H3. The van der Waals surface area contributed by atoms with Gasteiger partial charge in [0.2, 0.25) is 0 Å². The second-order valence-electron chi connectivity index (χ2n) is 4.55. The summed E-state index contributed by atoms with van der Waals surface area (Å²) in [6, 6.07) is 14.0. The van der Waals surface area contributed by atoms with E-state index in [1.807, 2.05) is 50.2 Å². The minimum Gasteiger partial charge on any atom is -0.242 e. The van der Waals surface area contributed by atoms with Crippen molar-refractivity contribution in [3.05, 3.63) is 57.5 Å². The van der Waals surface area contributed by atoms with Crippen LogP contribution in [0.3, 0.4) is 0 Å². The van der Waals surface area contributed by atoms with Crippen LogP contribution in [-0.4, -0.2) is 9.97 Å². The second-order valence-corrected chi connectivity index (χ2v) is 7.45. The number of nitrogens with zero attached hydrogens (tertiary/aromatic N) is 2. The van der Waals surface area contributed by atoms with E-state index >= 15 is 0 Å². The van der Waals surface area contributed by atoms with Gasteiger partial charge in [-0.1, -0.05) is 23.7 Å². The number of rotatable bonds is 0. The van der Waals surface area contributed by atoms with Gasteiger partial charge in [-0.2, -0.15) is 0 Å². The number of aryl methyl sites for hydroxylation is 2. The molecule has 4 rings (SSSR count). The Balaban J connectivity index is 0.000000126. The molecule has 0 saturated heterocycles. The lowest BCUT2D eigenvalue weighted by molar-refractivity contribution is 1.35. The van der Waals surface area contributed by atoms with Crippen molar-refractivity contribution in [2.75, 3.05) is 0 Å². The predicted molar refractivity (Wildman–Crippen MR) is 93.7 cm³/mol. The number of aromatic nitrogens is 2. The molecule has 0 fully saturated rings. The molecule has 0 radical (unpaired) electrons. The van der Waals surface area contributed by atoms with E-state index in [1.165, 1.54) is 9.40 Å². The van der Waals surface area contributed by atoms with E-state index in [-0.39, 0.29) is 0 Å². The van der Waals surface area contributed by atoms with E-state index in [0.717, 1.165) is 26.1 Å². The SMILES string of the molecule is Cc1nc2cc(Cl)ccc2s1.Cc1nc2ccccc2s1. The molecule has 0 unspecified atom stereocenters. The summed E-state index contributed by atoms with van der Waals surface area (Å²) in [5, 5.41) is 2.98. The van der Waals surface area contributed by atoms with Crippen LogP contribution >= 0.6 is 34.3 Å². The van der Waals surface area contributed by atoms with Crippen molar-refractivity contribution >= 4 is 54.7 Å². The van der Waals surface area contributed by atoms with Crippen molar-refractivity contribution in [1.29, 1.82) is 0 Å². The highest BCUT2D eigenvalue weighted by molar-refractivity contribution is 7.18. The third kappa shape index (κ3) is 3.40. The molecule has 0 aliphatic rings. The van der Waals surface area contributed by atoms with Crippen LogP contribution in [0.2, 0.25) is 5.02 Å². The number of benzene rings is 2. The van der Waals surface area contributed by atoms with Crippen LogP contribution in [0.1, 0.15) is 10.0 Å². The Morgan fingerprint density at radius 2 is 1.43 bits per heavy atom. The zero-order chi connectivity index (χ0) is 14.8. The third-order valence-corrected chi connectivity index (χ3v) is 5.00. The summed E-state index contributed by atoms with van der Waals surface area (Å²) in [5.41, 5.74) is 2.12. The van der Waals surface area contributed by atoms with Gasteiger partial charge in [0, 0.05) is 5.02 Å². The van der Waals surface area contributed by atoms with Gasteiger partial charge in [0.05, 0.1) is 30.4 Å². The lowest BCUT2D eigenvalue weighted by atomic mass is 10.3. The van der Waals surface area contributed by atoms with Gasteiger partial charge >= 0.3 is 0 Å². The topological polar surface area (TPSA) is 25.8 Å². The first-order valence-electron chi connectivity index (χ1n) is 6.47. The van der Waals surface area contributed by atoms with Crippen LogP contribution in [0.4, 0.5) is 0 Å². The molecule has 2 nitrogen and oxygen atoms in total. The maximum absolute atomic E-state index is 5.79. The molecule has 0 saturated carbocycles. The van der Waals surface area contributed by atoms with Gasteiger partial charge in [-0.15, -0.1) is 22.7 Å². The summed E-state index contributed by atoms with van der Waals surface area (Å²) in [5.74, 6) is 0. The molecule has 0 bridgehead atoms. The molecule has 0 N–H and O–H groups in total. The molecule has 0 amide bonds. The van der Waals surface area contributed by atoms with Gasteiger partial charge in [0.1, 0.15) is 0 Å². The Kier molecular flexibility index (Phi) is 4.19. The molecule has 106 valence electrons. The molecule has 2 heterocycles. The van der Waals surface area contributed by atoms with E-state index in [0.29, 0.717) is 0 Å². The minimum absolute atomic E-state index is 0.753. The van der Waals surface area contributed by atoms with Crippen LogP contribution in [0.25, 0.3) is 20.4 Å². The van der Waals surface area contributed by atoms with Gasteiger partial charge in [-0.25, -0.2) is 9.97 Å². The Hall–Kier alpha value is -1.49. The summed E-state index contributed by atoms with van der Waals surface area (Å²) in [4.78, 5) is 8.64. The predicted octanol–water partition coefficient (Wildman–Crippen LogP) is 5.86. The number of hydrogen-bond acceptors (Lipinski definition) is 4. The summed E-state index contributed by atoms with van der Waals surface area (Å²) >= 11 is 9.22. The third-order valence-electron chi connectivity index (χ3n) is 2.86. The maximum atomic E-state index is 5.79. The maximum Gasteiger partial charge on any atom is 0.0907 e. The van der Waals surface area contributed by atoms with Crippen molar-refractivity contribution in [2.24, 2.45) is 0 Å². The van der Waals surface area contributed by atoms with Gasteiger partial charge in [0.15, 0.2) is 0 Å². The molecule has 2 aromatic carbocycles. The van der Waals surface area contributed by atoms with Crippen LogP contribution in [0.15, 0.2) is 42.5 Å². The fraction of sp³-hybridized carbons (Fsp3) is 0.125. The first-order chi connectivity index (χ1) is 10.1. The van der Waals surface area contributed by atoms with Gasteiger partial charge in [-0.05, 0) is 44.2 Å². The number of hydrogen-bond donors (Lipinski definition) is 0. The zero-order valence-corrected chi connectivity index (χ0v) is 14.0. The van der Waals surface area contributed by atoms with Crippen LogP contribution < -0.4 is 0 Å². The molecule has 2 aromatic heterocycles. The number of halogens is 1. The van der Waals surface area contributed by atoms with Crippen LogP contribution in [-0.2, 0) is 0 Å². The lowest BCUT2D eigenvalue weighted by Gasteiger charge is -1.86. The average molecular weight is 333 g/mol. The largest absolute Gasteiger partial charge is 0.242 e. The summed E-state index contributed by atoms with van der Waals surface area (Å²) in [6.07, 6.45) is 0. The van der Waals surface area contributed by atoms with Crippen molar-refractivity contribution in [3.8, 4) is 0 Å². The van der Waals surface area contributed by atoms with Crippen molar-refractivity contribution in [3.63, 3.8) is 0 Å². The molecule has 0 atom stereocenters. The van der Waals surface area contributed by atoms with E-state index in [1.54, 1.807) is 22.7 Å². The molecule has 4 aromatic rings. The van der Waals surface area contributed by atoms with Crippen LogP contribution in [0, 0.1) is 13.8 Å². The number of thiazole rings is 2. The normalized spacial score (nSPS) is 10.6. The molecular weight excluding hydrogens is 320 g/mol. The molecule has 0 aliphatic heterocycles. The zero-order valence-electron chi connectivity index (χ0n) is 11.6. The van der Waals surface area contributed by atoms with Crippen molar-refractivity contribution in [2.45, 2.75) is 13.8 Å². The highest BCUT2D eigenvalue weighted by Crippen LogP contribution is 2.24. The fourth-order valence-electron chi connectivity index (χ4n) is 2.00. The first-order valence-corrected chi connectivity index (χ1v) is 8.48. The molecule has 0 aliphatic carbocycles. The van der Waals surface area contributed by atoms with E-state index in [9.17, 15) is 0 Å². The highest BCUT2D eigenvalue weighted by atomic mass is 35.5. The lowest BCUT2D eigenvalue weighted by Crippen LogP contribution is -1.67. The average Bonchev–Trinajstić information content (AvgIpc) is 2.99. The van der Waals surface area contributed by atoms with E-state index < -0.39 is 0 Å². The van der Waals surface area contributed by atoms with Gasteiger partial charge < -0.3 is 0 Å². The Morgan fingerprint density at radius 1 is 0.810 bits per heavy atom. The first kappa shape index (κ1) is 14.4. The highest BCUT2D eigenvalue weighted by Gasteiger charge is 1.99. The smallest absolute Gasteiger partial charge is 0.0907 e. The Morgan fingerprint density at radius 3 is 2.14 bits per heavy atom. The fourth-order valence-corrected chi connectivity index (χ4v) is 3.80. The second kappa shape index (κ2) is 6.10. The minimum atomic E-state index is 0.753. The monoisotopic (exact) mass is 332 g/mol. The van der Waals surface area contributed by atoms with Gasteiger partial charge in [0.25, 0.3) is 0 Å². The van der Waals surface area contributed by atoms with Crippen LogP contribution in [0.5, 0.6) is 0 Å². The summed E-state index contributed by atoms with van der Waals surface area (Å²) < 4.78 is 2.48. The van der Waals surface area contributed by atoms with Crippen molar-refractivity contribution < 1.29 is 0 Å². The van der Waals surface area contributed by atoms with Gasteiger partial charge in [-0.3, -0.25) is 0 Å². The molecule has 5 heteroatoms.